The topological polar surface area (TPSA) is 58.6 Å². The van der Waals surface area contributed by atoms with E-state index in [0.717, 1.165) is 32.1 Å². The van der Waals surface area contributed by atoms with E-state index in [9.17, 15) is 9.59 Å². The normalized spacial score (nSPS) is 23.7. The minimum absolute atomic E-state index is 0.0155. The summed E-state index contributed by atoms with van der Waals surface area (Å²) in [5.41, 5.74) is -0.395. The average Bonchev–Trinajstić information content (AvgIpc) is 2.95. The Morgan fingerprint density at radius 1 is 1.43 bits per heavy atom. The van der Waals surface area contributed by atoms with Crippen molar-refractivity contribution in [1.29, 1.82) is 0 Å². The fourth-order valence-corrected chi connectivity index (χ4v) is 3.72. The molecule has 0 radical (unpaired) electrons. The predicted octanol–water partition coefficient (Wildman–Crippen LogP) is 1.71. The van der Waals surface area contributed by atoms with E-state index in [1.54, 1.807) is 4.90 Å². The van der Waals surface area contributed by atoms with Gasteiger partial charge in [0.15, 0.2) is 0 Å². The number of rotatable bonds is 7. The van der Waals surface area contributed by atoms with Gasteiger partial charge >= 0.3 is 0 Å². The molecule has 21 heavy (non-hydrogen) atoms. The van der Waals surface area contributed by atoms with Gasteiger partial charge in [0.1, 0.15) is 6.04 Å². The van der Waals surface area contributed by atoms with Crippen molar-refractivity contribution in [3.8, 4) is 0 Å². The maximum absolute atomic E-state index is 12.5. The molecule has 1 spiro atoms. The molecule has 2 fully saturated rings. The zero-order valence-corrected chi connectivity index (χ0v) is 13.5. The van der Waals surface area contributed by atoms with Crippen LogP contribution in [0.25, 0.3) is 0 Å². The summed E-state index contributed by atoms with van der Waals surface area (Å²) in [5.74, 6) is 0.200. The van der Waals surface area contributed by atoms with E-state index in [0.29, 0.717) is 19.8 Å². The van der Waals surface area contributed by atoms with Crippen LogP contribution in [0.1, 0.15) is 52.9 Å². The van der Waals surface area contributed by atoms with Crippen LogP contribution in [0, 0.1) is 5.41 Å². The van der Waals surface area contributed by atoms with Gasteiger partial charge in [-0.25, -0.2) is 0 Å². The molecule has 1 N–H and O–H groups in total. The van der Waals surface area contributed by atoms with Gasteiger partial charge in [-0.1, -0.05) is 12.8 Å². The largest absolute Gasteiger partial charge is 0.382 e. The minimum Gasteiger partial charge on any atom is -0.382 e. The number of likely N-dealkylation sites (tertiary alicyclic amines) is 1. The molecule has 2 rings (SSSR count). The molecule has 1 unspecified atom stereocenters. The van der Waals surface area contributed by atoms with Gasteiger partial charge in [-0.05, 0) is 40.0 Å². The van der Waals surface area contributed by atoms with Crippen LogP contribution >= 0.6 is 0 Å². The van der Waals surface area contributed by atoms with Crippen molar-refractivity contribution in [3.05, 3.63) is 0 Å². The van der Waals surface area contributed by atoms with Crippen LogP contribution in [-0.2, 0) is 14.3 Å². The summed E-state index contributed by atoms with van der Waals surface area (Å²) in [7, 11) is 0. The second kappa shape index (κ2) is 6.77. The summed E-state index contributed by atoms with van der Waals surface area (Å²) in [6, 6.07) is -0.178. The highest BCUT2D eigenvalue weighted by atomic mass is 16.5. The molecule has 1 saturated heterocycles. The fourth-order valence-electron chi connectivity index (χ4n) is 3.72. The Bertz CT molecular complexity index is 389. The molecule has 1 aliphatic carbocycles. The summed E-state index contributed by atoms with van der Waals surface area (Å²) in [6.45, 7) is 7.91. The molecule has 0 bridgehead atoms. The van der Waals surface area contributed by atoms with Gasteiger partial charge in [0.05, 0.1) is 5.41 Å². The molecule has 5 heteroatoms. The highest BCUT2D eigenvalue weighted by Crippen LogP contribution is 2.52. The number of carbonyl (C=O) groups excluding carboxylic acids is 2. The lowest BCUT2D eigenvalue weighted by Crippen LogP contribution is -2.74. The second-order valence-electron chi connectivity index (χ2n) is 6.41. The number of β-lactam (4-membered cyclic amide) rings is 1. The van der Waals surface area contributed by atoms with Crippen LogP contribution in [0.15, 0.2) is 0 Å². The van der Waals surface area contributed by atoms with E-state index in [-0.39, 0.29) is 23.9 Å². The summed E-state index contributed by atoms with van der Waals surface area (Å²) in [4.78, 5) is 26.8. The Hall–Kier alpha value is -1.10. The molecule has 0 aromatic carbocycles. The van der Waals surface area contributed by atoms with Crippen molar-refractivity contribution < 1.29 is 14.3 Å². The summed E-state index contributed by atoms with van der Waals surface area (Å²) in [5, 5.41) is 2.99. The zero-order valence-electron chi connectivity index (χ0n) is 13.5. The first-order valence-electron chi connectivity index (χ1n) is 8.23. The van der Waals surface area contributed by atoms with E-state index in [4.69, 9.17) is 4.74 Å². The smallest absolute Gasteiger partial charge is 0.243 e. The van der Waals surface area contributed by atoms with Crippen LogP contribution in [0.5, 0.6) is 0 Å². The number of carbonyl (C=O) groups is 2. The number of ether oxygens (including phenoxy) is 1. The van der Waals surface area contributed by atoms with Crippen molar-refractivity contribution in [2.24, 2.45) is 5.41 Å². The van der Waals surface area contributed by atoms with E-state index in [1.165, 1.54) is 0 Å². The molecule has 5 nitrogen and oxygen atoms in total. The third kappa shape index (κ3) is 2.93. The van der Waals surface area contributed by atoms with Crippen molar-refractivity contribution in [3.63, 3.8) is 0 Å². The minimum atomic E-state index is -0.395. The van der Waals surface area contributed by atoms with E-state index in [2.05, 4.69) is 5.32 Å². The standard InChI is InChI=1S/C16H28N2O3/c1-4-21-11-7-10-17-14(19)13-16(8-5-6-9-16)15(20)18(13)12(2)3/h12-13H,4-11H2,1-3H3,(H,17,19). The molecule has 1 aliphatic heterocycles. The number of nitrogens with one attached hydrogen (secondary N) is 1. The van der Waals surface area contributed by atoms with Gasteiger partial charge < -0.3 is 15.0 Å². The lowest BCUT2D eigenvalue weighted by atomic mass is 9.68. The average molecular weight is 296 g/mol. The van der Waals surface area contributed by atoms with Crippen LogP contribution < -0.4 is 5.32 Å². The molecule has 0 aromatic rings. The van der Waals surface area contributed by atoms with Gasteiger partial charge in [0, 0.05) is 25.8 Å². The maximum atomic E-state index is 12.5. The number of hydrogen-bond acceptors (Lipinski definition) is 3. The molecular formula is C16H28N2O3. The lowest BCUT2D eigenvalue weighted by Gasteiger charge is -2.55. The SMILES string of the molecule is CCOCCCNC(=O)C1N(C(C)C)C(=O)C12CCCC2. The third-order valence-electron chi connectivity index (χ3n) is 4.73. The van der Waals surface area contributed by atoms with Crippen LogP contribution in [0.2, 0.25) is 0 Å². The van der Waals surface area contributed by atoms with E-state index in [1.807, 2.05) is 20.8 Å². The lowest BCUT2D eigenvalue weighted by molar-refractivity contribution is -0.181. The van der Waals surface area contributed by atoms with E-state index < -0.39 is 5.41 Å². The third-order valence-corrected chi connectivity index (χ3v) is 4.73. The Balaban J connectivity index is 1.94. The first kappa shape index (κ1) is 16.3. The molecule has 120 valence electrons. The quantitative estimate of drug-likeness (QED) is 0.575. The molecule has 0 aromatic heterocycles. The first-order valence-corrected chi connectivity index (χ1v) is 8.23. The molecule has 1 saturated carbocycles. The summed E-state index contributed by atoms with van der Waals surface area (Å²) < 4.78 is 5.27. The van der Waals surface area contributed by atoms with Crippen LogP contribution in [0.3, 0.4) is 0 Å². The first-order chi connectivity index (χ1) is 10.0. The molecule has 1 heterocycles. The predicted molar refractivity (Wildman–Crippen MR) is 80.8 cm³/mol. The number of amides is 2. The van der Waals surface area contributed by atoms with Gasteiger partial charge in [-0.15, -0.1) is 0 Å². The van der Waals surface area contributed by atoms with Gasteiger partial charge in [0.25, 0.3) is 0 Å². The van der Waals surface area contributed by atoms with Crippen molar-refractivity contribution in [1.82, 2.24) is 10.2 Å². The Labute approximate surface area is 127 Å². The second-order valence-corrected chi connectivity index (χ2v) is 6.41. The van der Waals surface area contributed by atoms with Gasteiger partial charge in [-0.2, -0.15) is 0 Å². The fraction of sp³-hybridized carbons (Fsp3) is 0.875. The molecule has 2 amide bonds. The summed E-state index contributed by atoms with van der Waals surface area (Å²) in [6.07, 6.45) is 4.67. The van der Waals surface area contributed by atoms with Crippen LogP contribution in [-0.4, -0.2) is 48.6 Å². The Kier molecular flexibility index (Phi) is 5.25. The zero-order chi connectivity index (χ0) is 15.5. The summed E-state index contributed by atoms with van der Waals surface area (Å²) >= 11 is 0. The van der Waals surface area contributed by atoms with Gasteiger partial charge in [0.2, 0.25) is 11.8 Å². The Morgan fingerprint density at radius 2 is 2.10 bits per heavy atom. The van der Waals surface area contributed by atoms with E-state index >= 15 is 0 Å². The Morgan fingerprint density at radius 3 is 2.67 bits per heavy atom. The number of hydrogen-bond donors (Lipinski definition) is 1. The van der Waals surface area contributed by atoms with Gasteiger partial charge in [-0.3, -0.25) is 9.59 Å². The van der Waals surface area contributed by atoms with Crippen molar-refractivity contribution >= 4 is 11.8 Å². The monoisotopic (exact) mass is 296 g/mol. The molecular weight excluding hydrogens is 268 g/mol. The molecule has 1 atom stereocenters. The van der Waals surface area contributed by atoms with Crippen molar-refractivity contribution in [2.45, 2.75) is 65.0 Å². The number of nitrogens with zero attached hydrogens (tertiary/aromatic N) is 1. The maximum Gasteiger partial charge on any atom is 0.243 e. The van der Waals surface area contributed by atoms with Crippen LogP contribution in [0.4, 0.5) is 0 Å². The van der Waals surface area contributed by atoms with Crippen molar-refractivity contribution in [2.75, 3.05) is 19.8 Å². The molecule has 2 aliphatic rings. The highest BCUT2D eigenvalue weighted by molar-refractivity contribution is 6.02. The highest BCUT2D eigenvalue weighted by Gasteiger charge is 2.64.